The van der Waals surface area contributed by atoms with Gasteiger partial charge < -0.3 is 9.15 Å². The van der Waals surface area contributed by atoms with Gasteiger partial charge in [0, 0.05) is 11.9 Å². The molecule has 7 heteroatoms. The SMILES string of the molecule is CCOC(=O)c1c(C)oc2ncn(CCBr)c(=O)c12. The number of esters is 1. The first-order valence-corrected chi connectivity index (χ1v) is 6.93. The van der Waals surface area contributed by atoms with E-state index in [1.165, 1.54) is 10.9 Å². The Labute approximate surface area is 117 Å². The first-order valence-electron chi connectivity index (χ1n) is 5.81. The van der Waals surface area contributed by atoms with Crippen molar-refractivity contribution in [3.63, 3.8) is 0 Å². The van der Waals surface area contributed by atoms with Gasteiger partial charge in [-0.15, -0.1) is 0 Å². The van der Waals surface area contributed by atoms with Gasteiger partial charge in [0.1, 0.15) is 23.0 Å². The molecule has 0 bridgehead atoms. The van der Waals surface area contributed by atoms with Crippen LogP contribution in [0, 0.1) is 6.92 Å². The van der Waals surface area contributed by atoms with Crippen LogP contribution >= 0.6 is 15.9 Å². The number of carbonyl (C=O) groups is 1. The van der Waals surface area contributed by atoms with Crippen LogP contribution in [0.25, 0.3) is 11.1 Å². The summed E-state index contributed by atoms with van der Waals surface area (Å²) in [6.45, 7) is 4.02. The summed E-state index contributed by atoms with van der Waals surface area (Å²) in [4.78, 5) is 28.2. The number of nitrogens with zero attached hydrogens (tertiary/aromatic N) is 2. The minimum atomic E-state index is -0.561. The molecular formula is C12H13BrN2O4. The normalized spacial score (nSPS) is 10.9. The van der Waals surface area contributed by atoms with E-state index >= 15 is 0 Å². The minimum absolute atomic E-state index is 0.163. The van der Waals surface area contributed by atoms with Gasteiger partial charge in [-0.05, 0) is 13.8 Å². The number of aryl methyl sites for hydroxylation is 2. The zero-order chi connectivity index (χ0) is 14.0. The van der Waals surface area contributed by atoms with Crippen molar-refractivity contribution in [3.8, 4) is 0 Å². The lowest BCUT2D eigenvalue weighted by Crippen LogP contribution is -2.22. The fourth-order valence-corrected chi connectivity index (χ4v) is 2.22. The second kappa shape index (κ2) is 5.56. The summed E-state index contributed by atoms with van der Waals surface area (Å²) in [5.41, 5.74) is 0.0269. The van der Waals surface area contributed by atoms with Gasteiger partial charge in [-0.3, -0.25) is 9.36 Å². The fourth-order valence-electron chi connectivity index (χ4n) is 1.84. The number of rotatable bonds is 4. The quantitative estimate of drug-likeness (QED) is 0.632. The van der Waals surface area contributed by atoms with Crippen LogP contribution in [-0.4, -0.2) is 27.5 Å². The van der Waals surface area contributed by atoms with E-state index in [9.17, 15) is 9.59 Å². The van der Waals surface area contributed by atoms with Gasteiger partial charge in [-0.25, -0.2) is 9.78 Å². The molecule has 0 aliphatic carbocycles. The van der Waals surface area contributed by atoms with Crippen LogP contribution < -0.4 is 5.56 Å². The molecule has 2 aromatic heterocycles. The number of carbonyl (C=O) groups excluding carboxylic acids is 1. The van der Waals surface area contributed by atoms with Crippen molar-refractivity contribution in [3.05, 3.63) is 28.0 Å². The first-order chi connectivity index (χ1) is 9.10. The third-order valence-corrected chi connectivity index (χ3v) is 3.01. The molecule has 0 aliphatic rings. The maximum absolute atomic E-state index is 12.3. The van der Waals surface area contributed by atoms with E-state index in [0.717, 1.165) is 0 Å². The van der Waals surface area contributed by atoms with Crippen LogP contribution in [0.2, 0.25) is 0 Å². The largest absolute Gasteiger partial charge is 0.462 e. The molecule has 2 heterocycles. The highest BCUT2D eigenvalue weighted by atomic mass is 79.9. The lowest BCUT2D eigenvalue weighted by molar-refractivity contribution is 0.0526. The standard InChI is InChI=1S/C12H13BrN2O4/c1-3-18-12(17)8-7(2)19-10-9(8)11(16)15(5-4-13)6-14-10/h6H,3-5H2,1-2H3. The molecule has 0 N–H and O–H groups in total. The van der Waals surface area contributed by atoms with E-state index in [0.29, 0.717) is 17.6 Å². The number of fused-ring (bicyclic) bond motifs is 1. The molecule has 2 aromatic rings. The lowest BCUT2D eigenvalue weighted by Gasteiger charge is -2.02. The maximum atomic E-state index is 12.3. The van der Waals surface area contributed by atoms with Gasteiger partial charge in [0.2, 0.25) is 5.71 Å². The maximum Gasteiger partial charge on any atom is 0.342 e. The van der Waals surface area contributed by atoms with Crippen molar-refractivity contribution >= 4 is 33.0 Å². The van der Waals surface area contributed by atoms with Crippen LogP contribution in [-0.2, 0) is 11.3 Å². The fraction of sp³-hybridized carbons (Fsp3) is 0.417. The Bertz CT molecular complexity index is 674. The van der Waals surface area contributed by atoms with Gasteiger partial charge in [0.05, 0.1) is 6.61 Å². The zero-order valence-electron chi connectivity index (χ0n) is 10.6. The van der Waals surface area contributed by atoms with Crippen LogP contribution in [0.15, 0.2) is 15.5 Å². The minimum Gasteiger partial charge on any atom is -0.462 e. The number of hydrogen-bond acceptors (Lipinski definition) is 5. The molecule has 0 saturated carbocycles. The molecule has 0 saturated heterocycles. The van der Waals surface area contributed by atoms with Gasteiger partial charge in [-0.2, -0.15) is 0 Å². The summed E-state index contributed by atoms with van der Waals surface area (Å²) in [6.07, 6.45) is 1.41. The van der Waals surface area contributed by atoms with Crippen LogP contribution in [0.4, 0.5) is 0 Å². The molecular weight excluding hydrogens is 316 g/mol. The van der Waals surface area contributed by atoms with Gasteiger partial charge in [-0.1, -0.05) is 15.9 Å². The van der Waals surface area contributed by atoms with Crippen molar-refractivity contribution in [2.75, 3.05) is 11.9 Å². The highest BCUT2D eigenvalue weighted by Gasteiger charge is 2.23. The number of ether oxygens (including phenoxy) is 1. The number of aromatic nitrogens is 2. The summed E-state index contributed by atoms with van der Waals surface area (Å²) < 4.78 is 11.7. The van der Waals surface area contributed by atoms with Crippen molar-refractivity contribution < 1.29 is 13.9 Å². The predicted octanol–water partition coefficient (Wildman–Crippen LogP) is 1.87. The Hall–Kier alpha value is -1.63. The van der Waals surface area contributed by atoms with Crippen molar-refractivity contribution in [1.29, 1.82) is 0 Å². The Balaban J connectivity index is 2.69. The summed E-state index contributed by atoms with van der Waals surface area (Å²) in [5.74, 6) is -0.219. The first kappa shape index (κ1) is 13.8. The molecule has 2 rings (SSSR count). The van der Waals surface area contributed by atoms with Gasteiger partial charge >= 0.3 is 5.97 Å². The molecule has 0 spiro atoms. The Morgan fingerprint density at radius 2 is 2.32 bits per heavy atom. The number of halogens is 1. The topological polar surface area (TPSA) is 74.3 Å². The third-order valence-electron chi connectivity index (χ3n) is 2.66. The highest BCUT2D eigenvalue weighted by Crippen LogP contribution is 2.21. The molecule has 0 atom stereocenters. The molecule has 0 aliphatic heterocycles. The smallest absolute Gasteiger partial charge is 0.342 e. The molecule has 0 aromatic carbocycles. The van der Waals surface area contributed by atoms with Gasteiger partial charge in [0.25, 0.3) is 5.56 Å². The van der Waals surface area contributed by atoms with E-state index < -0.39 is 5.97 Å². The number of alkyl halides is 1. The highest BCUT2D eigenvalue weighted by molar-refractivity contribution is 9.09. The predicted molar refractivity (Wildman–Crippen MR) is 72.8 cm³/mol. The van der Waals surface area contributed by atoms with Gasteiger partial charge in [0.15, 0.2) is 0 Å². The number of furan rings is 1. The van der Waals surface area contributed by atoms with Crippen LogP contribution in [0.3, 0.4) is 0 Å². The molecule has 0 radical (unpaired) electrons. The molecule has 6 nitrogen and oxygen atoms in total. The van der Waals surface area contributed by atoms with Crippen LogP contribution in [0.5, 0.6) is 0 Å². The van der Waals surface area contributed by atoms with E-state index in [-0.39, 0.29) is 28.8 Å². The molecule has 0 unspecified atom stereocenters. The Morgan fingerprint density at radius 3 is 2.95 bits per heavy atom. The van der Waals surface area contributed by atoms with Crippen LogP contribution in [0.1, 0.15) is 23.0 Å². The Kier molecular flexibility index (Phi) is 4.04. The summed E-state index contributed by atoms with van der Waals surface area (Å²) in [5, 5.41) is 0.797. The third kappa shape index (κ3) is 2.42. The zero-order valence-corrected chi connectivity index (χ0v) is 12.2. The average Bonchev–Trinajstić information content (AvgIpc) is 2.70. The van der Waals surface area contributed by atoms with Crippen molar-refractivity contribution in [2.45, 2.75) is 20.4 Å². The monoisotopic (exact) mass is 328 g/mol. The van der Waals surface area contributed by atoms with Crippen molar-refractivity contribution in [1.82, 2.24) is 9.55 Å². The Morgan fingerprint density at radius 1 is 1.58 bits per heavy atom. The second-order valence-corrected chi connectivity index (χ2v) is 4.66. The van der Waals surface area contributed by atoms with Crippen molar-refractivity contribution in [2.24, 2.45) is 0 Å². The number of hydrogen-bond donors (Lipinski definition) is 0. The molecule has 0 fully saturated rings. The summed E-state index contributed by atoms with van der Waals surface area (Å²) in [6, 6.07) is 0. The molecule has 19 heavy (non-hydrogen) atoms. The molecule has 0 amide bonds. The van der Waals surface area contributed by atoms with E-state index in [1.54, 1.807) is 13.8 Å². The van der Waals surface area contributed by atoms with E-state index in [1.807, 2.05) is 0 Å². The average molecular weight is 329 g/mol. The summed E-state index contributed by atoms with van der Waals surface area (Å²) >= 11 is 3.26. The van der Waals surface area contributed by atoms with E-state index in [2.05, 4.69) is 20.9 Å². The van der Waals surface area contributed by atoms with E-state index in [4.69, 9.17) is 9.15 Å². The second-order valence-electron chi connectivity index (χ2n) is 3.87. The summed E-state index contributed by atoms with van der Waals surface area (Å²) in [7, 11) is 0. The lowest BCUT2D eigenvalue weighted by atomic mass is 10.2. The molecule has 102 valence electrons.